The molecule has 5 nitrogen and oxygen atoms in total. The van der Waals surface area contributed by atoms with Gasteiger partial charge in [-0.3, -0.25) is 4.79 Å². The van der Waals surface area contributed by atoms with E-state index in [2.05, 4.69) is 4.98 Å². The third-order valence-electron chi connectivity index (χ3n) is 3.45. The highest BCUT2D eigenvalue weighted by atomic mass is 32.1. The zero-order chi connectivity index (χ0) is 15.4. The summed E-state index contributed by atoms with van der Waals surface area (Å²) in [5.74, 6) is -1.14. The van der Waals surface area contributed by atoms with Crippen LogP contribution < -0.4 is 0 Å². The standard InChI is InChI=1S/C15H18N2O3S/c1-10(15(19)20)17(2)14(18)9-5-8-13-16-11-6-3-4-7-12(11)21-13/h3-4,6-7,10H,5,8-9H2,1-2H3,(H,19,20). The maximum absolute atomic E-state index is 11.9. The number of hydrogen-bond acceptors (Lipinski definition) is 4. The molecule has 1 aromatic carbocycles. The predicted molar refractivity (Wildman–Crippen MR) is 82.4 cm³/mol. The maximum atomic E-state index is 11.9. The molecule has 0 spiro atoms. The molecule has 0 bridgehead atoms. The molecule has 1 N–H and O–H groups in total. The third kappa shape index (κ3) is 3.78. The predicted octanol–water partition coefficient (Wildman–Crippen LogP) is 2.55. The fraction of sp³-hybridized carbons (Fsp3) is 0.400. The molecule has 0 saturated heterocycles. The van der Waals surface area contributed by atoms with Gasteiger partial charge in [0.1, 0.15) is 6.04 Å². The summed E-state index contributed by atoms with van der Waals surface area (Å²) in [5, 5.41) is 9.90. The van der Waals surface area contributed by atoms with Crippen molar-refractivity contribution in [2.24, 2.45) is 0 Å². The summed E-state index contributed by atoms with van der Waals surface area (Å²) in [6.07, 6.45) is 1.75. The number of thiazole rings is 1. The van der Waals surface area contributed by atoms with Gasteiger partial charge in [0.25, 0.3) is 0 Å². The highest BCUT2D eigenvalue weighted by Gasteiger charge is 2.21. The summed E-state index contributed by atoms with van der Waals surface area (Å²) in [6.45, 7) is 1.51. The zero-order valence-electron chi connectivity index (χ0n) is 12.1. The van der Waals surface area contributed by atoms with Crippen LogP contribution in [-0.2, 0) is 16.0 Å². The van der Waals surface area contributed by atoms with Crippen molar-refractivity contribution in [2.75, 3.05) is 7.05 Å². The minimum atomic E-state index is -0.989. The van der Waals surface area contributed by atoms with Crippen LogP contribution >= 0.6 is 11.3 Å². The van der Waals surface area contributed by atoms with Crippen LogP contribution in [-0.4, -0.2) is 40.0 Å². The summed E-state index contributed by atoms with van der Waals surface area (Å²) in [4.78, 5) is 28.5. The fourth-order valence-electron chi connectivity index (χ4n) is 1.98. The van der Waals surface area contributed by atoms with Crippen LogP contribution in [0.3, 0.4) is 0 Å². The van der Waals surface area contributed by atoms with Gasteiger partial charge in [0.05, 0.1) is 15.2 Å². The second kappa shape index (κ2) is 6.67. The van der Waals surface area contributed by atoms with Crippen LogP contribution in [0.15, 0.2) is 24.3 Å². The number of rotatable bonds is 6. The van der Waals surface area contributed by atoms with Crippen molar-refractivity contribution >= 4 is 33.4 Å². The molecule has 0 saturated carbocycles. The number of aromatic nitrogens is 1. The van der Waals surface area contributed by atoms with Gasteiger partial charge in [-0.1, -0.05) is 12.1 Å². The van der Waals surface area contributed by atoms with Gasteiger partial charge in [-0.25, -0.2) is 9.78 Å². The Morgan fingerprint density at radius 1 is 1.38 bits per heavy atom. The first-order valence-electron chi connectivity index (χ1n) is 6.82. The van der Waals surface area contributed by atoms with E-state index in [1.807, 2.05) is 24.3 Å². The Hall–Kier alpha value is -1.95. The van der Waals surface area contributed by atoms with Gasteiger partial charge in [0.2, 0.25) is 5.91 Å². The van der Waals surface area contributed by atoms with E-state index in [9.17, 15) is 9.59 Å². The van der Waals surface area contributed by atoms with E-state index >= 15 is 0 Å². The highest BCUT2D eigenvalue weighted by Crippen LogP contribution is 2.22. The van der Waals surface area contributed by atoms with Crippen LogP contribution in [0.5, 0.6) is 0 Å². The Morgan fingerprint density at radius 2 is 2.10 bits per heavy atom. The van der Waals surface area contributed by atoms with Crippen LogP contribution in [0.4, 0.5) is 0 Å². The van der Waals surface area contributed by atoms with Crippen molar-refractivity contribution in [1.82, 2.24) is 9.88 Å². The molecular weight excluding hydrogens is 288 g/mol. The summed E-state index contributed by atoms with van der Waals surface area (Å²) in [5.41, 5.74) is 0.987. The lowest BCUT2D eigenvalue weighted by Gasteiger charge is -2.21. The average Bonchev–Trinajstić information content (AvgIpc) is 2.87. The lowest BCUT2D eigenvalue weighted by molar-refractivity contribution is -0.148. The number of carboxylic acids is 1. The van der Waals surface area contributed by atoms with E-state index in [0.29, 0.717) is 12.8 Å². The summed E-state index contributed by atoms with van der Waals surface area (Å²) in [7, 11) is 1.53. The van der Waals surface area contributed by atoms with Crippen molar-refractivity contribution in [3.8, 4) is 0 Å². The number of carbonyl (C=O) groups is 2. The number of carbonyl (C=O) groups excluding carboxylic acids is 1. The Morgan fingerprint density at radius 3 is 2.76 bits per heavy atom. The first-order chi connectivity index (χ1) is 9.99. The normalized spacial score (nSPS) is 12.3. The van der Waals surface area contributed by atoms with Gasteiger partial charge < -0.3 is 10.0 Å². The number of likely N-dealkylation sites (N-methyl/N-ethyl adjacent to an activating group) is 1. The third-order valence-corrected chi connectivity index (χ3v) is 4.55. The maximum Gasteiger partial charge on any atom is 0.326 e. The molecular formula is C15H18N2O3S. The molecule has 112 valence electrons. The number of fused-ring (bicyclic) bond motifs is 1. The van der Waals surface area contributed by atoms with Crippen molar-refractivity contribution < 1.29 is 14.7 Å². The second-order valence-corrected chi connectivity index (χ2v) is 6.06. The van der Waals surface area contributed by atoms with Crippen molar-refractivity contribution in [1.29, 1.82) is 0 Å². The molecule has 0 aliphatic heterocycles. The van der Waals surface area contributed by atoms with Gasteiger partial charge in [0, 0.05) is 13.5 Å². The topological polar surface area (TPSA) is 70.5 Å². The fourth-order valence-corrected chi connectivity index (χ4v) is 2.98. The molecule has 1 amide bonds. The Kier molecular flexibility index (Phi) is 4.90. The Labute approximate surface area is 127 Å². The molecule has 1 heterocycles. The highest BCUT2D eigenvalue weighted by molar-refractivity contribution is 7.18. The van der Waals surface area contributed by atoms with Crippen molar-refractivity contribution in [3.63, 3.8) is 0 Å². The van der Waals surface area contributed by atoms with E-state index in [1.54, 1.807) is 11.3 Å². The first kappa shape index (κ1) is 15.4. The minimum absolute atomic E-state index is 0.147. The van der Waals surface area contributed by atoms with Gasteiger partial charge in [-0.05, 0) is 31.9 Å². The number of amides is 1. The van der Waals surface area contributed by atoms with Gasteiger partial charge in [-0.2, -0.15) is 0 Å². The van der Waals surface area contributed by atoms with E-state index in [-0.39, 0.29) is 5.91 Å². The number of nitrogens with zero attached hydrogens (tertiary/aromatic N) is 2. The SMILES string of the molecule is CC(C(=O)O)N(C)C(=O)CCCc1nc2ccccc2s1. The lowest BCUT2D eigenvalue weighted by atomic mass is 10.2. The Balaban J connectivity index is 1.86. The number of hydrogen-bond donors (Lipinski definition) is 1. The second-order valence-electron chi connectivity index (χ2n) is 4.95. The quantitative estimate of drug-likeness (QED) is 0.890. The Bertz CT molecular complexity index is 620. The van der Waals surface area contributed by atoms with Crippen LogP contribution in [0.2, 0.25) is 0 Å². The molecule has 1 atom stereocenters. The molecule has 1 unspecified atom stereocenters. The van der Waals surface area contributed by atoms with Crippen molar-refractivity contribution in [2.45, 2.75) is 32.2 Å². The molecule has 0 aliphatic carbocycles. The molecule has 2 aromatic rings. The molecule has 2 rings (SSSR count). The van der Waals surface area contributed by atoms with Crippen LogP contribution in [0.1, 0.15) is 24.8 Å². The van der Waals surface area contributed by atoms with E-state index in [4.69, 9.17) is 5.11 Å². The molecule has 0 fully saturated rings. The smallest absolute Gasteiger partial charge is 0.326 e. The number of para-hydroxylation sites is 1. The largest absolute Gasteiger partial charge is 0.480 e. The number of carboxylic acid groups (broad SMARTS) is 1. The first-order valence-corrected chi connectivity index (χ1v) is 7.63. The molecule has 6 heteroatoms. The van der Waals surface area contributed by atoms with Crippen molar-refractivity contribution in [3.05, 3.63) is 29.3 Å². The van der Waals surface area contributed by atoms with E-state index in [1.165, 1.54) is 18.9 Å². The van der Waals surface area contributed by atoms with Gasteiger partial charge in [0.15, 0.2) is 0 Å². The molecule has 0 aliphatic rings. The molecule has 21 heavy (non-hydrogen) atoms. The van der Waals surface area contributed by atoms with Gasteiger partial charge in [-0.15, -0.1) is 11.3 Å². The van der Waals surface area contributed by atoms with Gasteiger partial charge >= 0.3 is 5.97 Å². The summed E-state index contributed by atoms with van der Waals surface area (Å²) < 4.78 is 1.15. The number of aryl methyl sites for hydroxylation is 1. The monoisotopic (exact) mass is 306 g/mol. The lowest BCUT2D eigenvalue weighted by Crippen LogP contribution is -2.40. The average molecular weight is 306 g/mol. The van der Waals surface area contributed by atoms with Crippen LogP contribution in [0, 0.1) is 0 Å². The summed E-state index contributed by atoms with van der Waals surface area (Å²) >= 11 is 1.64. The minimum Gasteiger partial charge on any atom is -0.480 e. The molecule has 1 aromatic heterocycles. The van der Waals surface area contributed by atoms with E-state index in [0.717, 1.165) is 21.6 Å². The number of benzene rings is 1. The number of aliphatic carboxylic acids is 1. The van der Waals surface area contributed by atoms with Crippen LogP contribution in [0.25, 0.3) is 10.2 Å². The summed E-state index contributed by atoms with van der Waals surface area (Å²) in [6, 6.07) is 7.15. The molecule has 0 radical (unpaired) electrons. The van der Waals surface area contributed by atoms with E-state index < -0.39 is 12.0 Å². The zero-order valence-corrected chi connectivity index (χ0v) is 12.9.